The zero-order valence-electron chi connectivity index (χ0n) is 9.87. The SMILES string of the molecule is CC(C)(C)c1ccc(F)cc1-n1cccc1. The van der Waals surface area contributed by atoms with E-state index < -0.39 is 0 Å². The van der Waals surface area contributed by atoms with Gasteiger partial charge in [0.2, 0.25) is 0 Å². The highest BCUT2D eigenvalue weighted by atomic mass is 19.1. The second kappa shape index (κ2) is 3.78. The van der Waals surface area contributed by atoms with Crippen LogP contribution in [0.5, 0.6) is 0 Å². The molecule has 0 aliphatic rings. The molecule has 2 rings (SSSR count). The maximum atomic E-state index is 13.3. The minimum absolute atomic E-state index is 0.00725. The van der Waals surface area contributed by atoms with Crippen LogP contribution in [0.4, 0.5) is 4.39 Å². The summed E-state index contributed by atoms with van der Waals surface area (Å²) in [6, 6.07) is 8.85. The van der Waals surface area contributed by atoms with E-state index in [0.29, 0.717) is 0 Å². The molecule has 1 heterocycles. The molecular weight excluding hydrogens is 201 g/mol. The van der Waals surface area contributed by atoms with Crippen LogP contribution in [0.2, 0.25) is 0 Å². The van der Waals surface area contributed by atoms with Crippen LogP contribution in [-0.4, -0.2) is 4.57 Å². The van der Waals surface area contributed by atoms with Gasteiger partial charge in [0, 0.05) is 12.4 Å². The summed E-state index contributed by atoms with van der Waals surface area (Å²) in [4.78, 5) is 0. The Morgan fingerprint density at radius 2 is 1.69 bits per heavy atom. The average molecular weight is 217 g/mol. The van der Waals surface area contributed by atoms with Crippen LogP contribution >= 0.6 is 0 Å². The van der Waals surface area contributed by atoms with Gasteiger partial charge in [-0.25, -0.2) is 4.39 Å². The molecule has 0 bridgehead atoms. The Labute approximate surface area is 95.5 Å². The van der Waals surface area contributed by atoms with Gasteiger partial charge in [0.1, 0.15) is 5.82 Å². The van der Waals surface area contributed by atoms with E-state index >= 15 is 0 Å². The van der Waals surface area contributed by atoms with Crippen LogP contribution < -0.4 is 0 Å². The fourth-order valence-electron chi connectivity index (χ4n) is 1.85. The largest absolute Gasteiger partial charge is 0.323 e. The van der Waals surface area contributed by atoms with E-state index in [1.54, 1.807) is 6.07 Å². The lowest BCUT2D eigenvalue weighted by Gasteiger charge is -2.23. The Kier molecular flexibility index (Phi) is 2.58. The van der Waals surface area contributed by atoms with Gasteiger partial charge in [-0.1, -0.05) is 26.8 Å². The molecule has 0 fully saturated rings. The number of halogens is 1. The van der Waals surface area contributed by atoms with Crippen molar-refractivity contribution in [2.24, 2.45) is 0 Å². The Bertz CT molecular complexity index is 478. The van der Waals surface area contributed by atoms with Gasteiger partial charge in [-0.15, -0.1) is 0 Å². The highest BCUT2D eigenvalue weighted by Crippen LogP contribution is 2.28. The first-order chi connectivity index (χ1) is 7.48. The van der Waals surface area contributed by atoms with Crippen LogP contribution in [-0.2, 0) is 5.41 Å². The summed E-state index contributed by atoms with van der Waals surface area (Å²) in [6.45, 7) is 6.40. The summed E-state index contributed by atoms with van der Waals surface area (Å²) in [5.41, 5.74) is 2.07. The molecule has 0 saturated heterocycles. The van der Waals surface area contributed by atoms with Crippen molar-refractivity contribution in [1.82, 2.24) is 4.57 Å². The summed E-state index contributed by atoms with van der Waals surface area (Å²) in [6.07, 6.45) is 3.87. The molecule has 1 nitrogen and oxygen atoms in total. The molecule has 2 aromatic rings. The molecule has 16 heavy (non-hydrogen) atoms. The van der Waals surface area contributed by atoms with Gasteiger partial charge in [-0.2, -0.15) is 0 Å². The van der Waals surface area contributed by atoms with Crippen LogP contribution in [0, 0.1) is 5.82 Å². The molecule has 0 radical (unpaired) electrons. The first-order valence-electron chi connectivity index (χ1n) is 5.42. The minimum atomic E-state index is -0.198. The maximum Gasteiger partial charge on any atom is 0.125 e. The van der Waals surface area contributed by atoms with Crippen LogP contribution in [0.25, 0.3) is 5.69 Å². The normalized spacial score (nSPS) is 11.8. The Balaban J connectivity index is 2.63. The predicted octanol–water partition coefficient (Wildman–Crippen LogP) is 3.91. The first-order valence-corrected chi connectivity index (χ1v) is 5.42. The van der Waals surface area contributed by atoms with Gasteiger partial charge < -0.3 is 4.57 Å². The second-order valence-corrected chi connectivity index (χ2v) is 5.00. The summed E-state index contributed by atoms with van der Waals surface area (Å²) in [7, 11) is 0. The van der Waals surface area contributed by atoms with Crippen molar-refractivity contribution in [3.05, 3.63) is 54.1 Å². The third-order valence-electron chi connectivity index (χ3n) is 2.65. The lowest BCUT2D eigenvalue weighted by molar-refractivity contribution is 0.578. The number of hydrogen-bond donors (Lipinski definition) is 0. The average Bonchev–Trinajstić information content (AvgIpc) is 2.68. The van der Waals surface area contributed by atoms with Crippen molar-refractivity contribution < 1.29 is 4.39 Å². The first kappa shape index (κ1) is 10.9. The smallest absolute Gasteiger partial charge is 0.125 e. The Morgan fingerprint density at radius 1 is 1.06 bits per heavy atom. The van der Waals surface area contributed by atoms with E-state index in [4.69, 9.17) is 0 Å². The molecule has 0 unspecified atom stereocenters. The molecule has 1 aromatic heterocycles. The van der Waals surface area contributed by atoms with E-state index in [1.807, 2.05) is 35.2 Å². The molecule has 2 heteroatoms. The summed E-state index contributed by atoms with van der Waals surface area (Å²) < 4.78 is 15.3. The van der Waals surface area contributed by atoms with E-state index in [0.717, 1.165) is 11.3 Å². The third kappa shape index (κ3) is 2.01. The second-order valence-electron chi connectivity index (χ2n) is 5.00. The maximum absolute atomic E-state index is 13.3. The molecule has 0 amide bonds. The standard InChI is InChI=1S/C14H16FN/c1-14(2,3)12-7-6-11(15)10-13(12)16-8-4-5-9-16/h4-10H,1-3H3. The van der Waals surface area contributed by atoms with Gasteiger partial charge in [-0.3, -0.25) is 0 Å². The van der Waals surface area contributed by atoms with Gasteiger partial charge in [0.15, 0.2) is 0 Å². The molecule has 0 aliphatic heterocycles. The monoisotopic (exact) mass is 217 g/mol. The van der Waals surface area contributed by atoms with E-state index in [-0.39, 0.29) is 11.2 Å². The van der Waals surface area contributed by atoms with Crippen molar-refractivity contribution in [3.8, 4) is 5.69 Å². The van der Waals surface area contributed by atoms with Crippen LogP contribution in [0.15, 0.2) is 42.7 Å². The van der Waals surface area contributed by atoms with Crippen molar-refractivity contribution in [2.45, 2.75) is 26.2 Å². The van der Waals surface area contributed by atoms with Crippen LogP contribution in [0.3, 0.4) is 0 Å². The fraction of sp³-hybridized carbons (Fsp3) is 0.286. The van der Waals surface area contributed by atoms with Gasteiger partial charge >= 0.3 is 0 Å². The quantitative estimate of drug-likeness (QED) is 0.682. The van der Waals surface area contributed by atoms with E-state index in [2.05, 4.69) is 20.8 Å². The van der Waals surface area contributed by atoms with Gasteiger partial charge in [0.05, 0.1) is 5.69 Å². The lowest BCUT2D eigenvalue weighted by Crippen LogP contribution is -2.15. The van der Waals surface area contributed by atoms with Gasteiger partial charge in [0.25, 0.3) is 0 Å². The Morgan fingerprint density at radius 3 is 2.25 bits per heavy atom. The van der Waals surface area contributed by atoms with Crippen molar-refractivity contribution in [2.75, 3.05) is 0 Å². The number of nitrogens with zero attached hydrogens (tertiary/aromatic N) is 1. The summed E-state index contributed by atoms with van der Waals surface area (Å²) >= 11 is 0. The van der Waals surface area contributed by atoms with Crippen molar-refractivity contribution in [1.29, 1.82) is 0 Å². The number of aromatic nitrogens is 1. The zero-order valence-corrected chi connectivity index (χ0v) is 9.87. The highest BCUT2D eigenvalue weighted by molar-refractivity contribution is 5.45. The van der Waals surface area contributed by atoms with Crippen molar-refractivity contribution >= 4 is 0 Å². The molecule has 0 spiro atoms. The van der Waals surface area contributed by atoms with Gasteiger partial charge in [-0.05, 0) is 35.2 Å². The van der Waals surface area contributed by atoms with Crippen LogP contribution in [0.1, 0.15) is 26.3 Å². The number of hydrogen-bond acceptors (Lipinski definition) is 0. The van der Waals surface area contributed by atoms with E-state index in [9.17, 15) is 4.39 Å². The zero-order chi connectivity index (χ0) is 11.8. The number of rotatable bonds is 1. The highest BCUT2D eigenvalue weighted by Gasteiger charge is 2.18. The molecule has 84 valence electrons. The molecule has 0 N–H and O–H groups in total. The van der Waals surface area contributed by atoms with Crippen molar-refractivity contribution in [3.63, 3.8) is 0 Å². The molecule has 0 atom stereocenters. The lowest BCUT2D eigenvalue weighted by atomic mass is 9.85. The predicted molar refractivity (Wildman–Crippen MR) is 64.4 cm³/mol. The Hall–Kier alpha value is -1.57. The summed E-state index contributed by atoms with van der Waals surface area (Å²) in [5, 5.41) is 0. The summed E-state index contributed by atoms with van der Waals surface area (Å²) in [5.74, 6) is -0.198. The van der Waals surface area contributed by atoms with E-state index in [1.165, 1.54) is 6.07 Å². The minimum Gasteiger partial charge on any atom is -0.323 e. The number of benzene rings is 1. The topological polar surface area (TPSA) is 4.93 Å². The fourth-order valence-corrected chi connectivity index (χ4v) is 1.85. The molecular formula is C14H16FN. The third-order valence-corrected chi connectivity index (χ3v) is 2.65. The molecule has 0 aliphatic carbocycles. The molecule has 1 aromatic carbocycles. The molecule has 0 saturated carbocycles.